The van der Waals surface area contributed by atoms with Gasteiger partial charge in [0.25, 0.3) is 5.91 Å². The number of nitrogens with one attached hydrogen (secondary N) is 1. The minimum atomic E-state index is 0.0987. The van der Waals surface area contributed by atoms with Gasteiger partial charge in [0.2, 0.25) is 0 Å². The zero-order valence-electron chi connectivity index (χ0n) is 12.2. The number of thiophene rings is 1. The molecule has 0 spiro atoms. The van der Waals surface area contributed by atoms with Crippen LogP contribution >= 0.6 is 22.9 Å². The van der Waals surface area contributed by atoms with E-state index in [-0.39, 0.29) is 5.91 Å². The molecule has 1 atom stereocenters. The van der Waals surface area contributed by atoms with Gasteiger partial charge in [0.05, 0.1) is 4.88 Å². The Morgan fingerprint density at radius 1 is 1.40 bits per heavy atom. The molecule has 0 saturated carbocycles. The molecule has 2 nitrogen and oxygen atoms in total. The van der Waals surface area contributed by atoms with Gasteiger partial charge in [0, 0.05) is 17.3 Å². The Hall–Kier alpha value is -0.540. The predicted molar refractivity (Wildman–Crippen MR) is 87.0 cm³/mol. The monoisotopic (exact) mass is 313 g/mol. The van der Waals surface area contributed by atoms with Crippen molar-refractivity contribution in [2.24, 2.45) is 5.92 Å². The third-order valence-corrected chi connectivity index (χ3v) is 5.66. The lowest BCUT2D eigenvalue weighted by molar-refractivity contribution is 0.0956. The molecule has 1 aliphatic carbocycles. The molecule has 20 heavy (non-hydrogen) atoms. The number of aryl methyl sites for hydroxylation is 2. The lowest BCUT2D eigenvalue weighted by atomic mass is 10.1. The van der Waals surface area contributed by atoms with Crippen molar-refractivity contribution in [3.63, 3.8) is 0 Å². The zero-order valence-corrected chi connectivity index (χ0v) is 13.8. The van der Waals surface area contributed by atoms with Gasteiger partial charge in [-0.3, -0.25) is 4.79 Å². The molecule has 0 fully saturated rings. The second kappa shape index (κ2) is 8.04. The Labute approximate surface area is 130 Å². The lowest BCUT2D eigenvalue weighted by Crippen LogP contribution is -2.24. The van der Waals surface area contributed by atoms with Gasteiger partial charge in [0.1, 0.15) is 0 Å². The third kappa shape index (κ3) is 4.49. The quantitative estimate of drug-likeness (QED) is 0.470. The molecule has 1 N–H and O–H groups in total. The molecule has 0 saturated heterocycles. The second-order valence-electron chi connectivity index (χ2n) is 5.78. The highest BCUT2D eigenvalue weighted by molar-refractivity contribution is 7.14. The SMILES string of the molecule is CC(CCl)CCCNC(=O)c1cc2c(s1)CCCCC2. The van der Waals surface area contributed by atoms with E-state index >= 15 is 0 Å². The first-order valence-electron chi connectivity index (χ1n) is 7.66. The highest BCUT2D eigenvalue weighted by atomic mass is 35.5. The summed E-state index contributed by atoms with van der Waals surface area (Å²) in [6.45, 7) is 2.90. The molecule has 2 rings (SSSR count). The van der Waals surface area contributed by atoms with Crippen molar-refractivity contribution in [1.29, 1.82) is 0 Å². The molecule has 1 aromatic rings. The van der Waals surface area contributed by atoms with E-state index in [0.29, 0.717) is 11.8 Å². The number of carbonyl (C=O) groups excluding carboxylic acids is 1. The van der Waals surface area contributed by atoms with Gasteiger partial charge < -0.3 is 5.32 Å². The Morgan fingerprint density at radius 3 is 3.00 bits per heavy atom. The van der Waals surface area contributed by atoms with Crippen molar-refractivity contribution in [3.8, 4) is 0 Å². The topological polar surface area (TPSA) is 29.1 Å². The van der Waals surface area contributed by atoms with E-state index in [1.54, 1.807) is 11.3 Å². The van der Waals surface area contributed by atoms with Crippen molar-refractivity contribution >= 4 is 28.8 Å². The number of amides is 1. The molecule has 1 unspecified atom stereocenters. The van der Waals surface area contributed by atoms with Crippen LogP contribution in [0.5, 0.6) is 0 Å². The summed E-state index contributed by atoms with van der Waals surface area (Å²) in [6, 6.07) is 2.11. The van der Waals surface area contributed by atoms with Crippen LogP contribution in [0.25, 0.3) is 0 Å². The van der Waals surface area contributed by atoms with E-state index < -0.39 is 0 Å². The van der Waals surface area contributed by atoms with Gasteiger partial charge in [-0.2, -0.15) is 0 Å². The molecule has 1 aliphatic rings. The summed E-state index contributed by atoms with van der Waals surface area (Å²) in [7, 11) is 0. The van der Waals surface area contributed by atoms with Crippen molar-refractivity contribution in [1.82, 2.24) is 5.32 Å². The average Bonchev–Trinajstić information content (AvgIpc) is 2.74. The second-order valence-corrected chi connectivity index (χ2v) is 7.22. The Balaban J connectivity index is 1.81. The standard InChI is InChI=1S/C16H24ClNOS/c1-12(11-17)6-5-9-18-16(19)15-10-13-7-3-2-4-8-14(13)20-15/h10,12H,2-9,11H2,1H3,(H,18,19). The summed E-state index contributed by atoms with van der Waals surface area (Å²) >= 11 is 7.47. The fraction of sp³-hybridized carbons (Fsp3) is 0.688. The van der Waals surface area contributed by atoms with E-state index in [0.717, 1.165) is 37.1 Å². The van der Waals surface area contributed by atoms with Gasteiger partial charge in [-0.15, -0.1) is 22.9 Å². The summed E-state index contributed by atoms with van der Waals surface area (Å²) in [6.07, 6.45) is 8.23. The molecule has 0 radical (unpaired) electrons. The van der Waals surface area contributed by atoms with Crippen LogP contribution in [0.15, 0.2) is 6.07 Å². The minimum absolute atomic E-state index is 0.0987. The first-order chi connectivity index (χ1) is 9.70. The van der Waals surface area contributed by atoms with Crippen LogP contribution in [-0.2, 0) is 12.8 Å². The molecule has 1 aromatic heterocycles. The maximum absolute atomic E-state index is 12.1. The van der Waals surface area contributed by atoms with E-state index in [2.05, 4.69) is 18.3 Å². The first kappa shape index (κ1) is 15.8. The van der Waals surface area contributed by atoms with Crippen LogP contribution in [-0.4, -0.2) is 18.3 Å². The zero-order chi connectivity index (χ0) is 14.4. The van der Waals surface area contributed by atoms with Crippen LogP contribution < -0.4 is 5.32 Å². The normalized spacial score (nSPS) is 16.3. The maximum Gasteiger partial charge on any atom is 0.261 e. The van der Waals surface area contributed by atoms with E-state index in [4.69, 9.17) is 11.6 Å². The number of rotatable bonds is 6. The smallest absolute Gasteiger partial charge is 0.261 e. The number of hydrogen-bond donors (Lipinski definition) is 1. The van der Waals surface area contributed by atoms with Crippen molar-refractivity contribution in [2.45, 2.75) is 51.9 Å². The first-order valence-corrected chi connectivity index (χ1v) is 9.01. The number of halogens is 1. The summed E-state index contributed by atoms with van der Waals surface area (Å²) in [5.41, 5.74) is 1.41. The van der Waals surface area contributed by atoms with Gasteiger partial charge in [-0.25, -0.2) is 0 Å². The maximum atomic E-state index is 12.1. The molecule has 0 bridgehead atoms. The molecule has 1 heterocycles. The predicted octanol–water partition coefficient (Wildman–Crippen LogP) is 4.40. The van der Waals surface area contributed by atoms with Crippen LogP contribution in [0, 0.1) is 5.92 Å². The Morgan fingerprint density at radius 2 is 2.20 bits per heavy atom. The number of hydrogen-bond acceptors (Lipinski definition) is 2. The largest absolute Gasteiger partial charge is 0.351 e. The highest BCUT2D eigenvalue weighted by Gasteiger charge is 2.16. The number of alkyl halides is 1. The van der Waals surface area contributed by atoms with Crippen LogP contribution in [0.1, 0.15) is 59.1 Å². The van der Waals surface area contributed by atoms with Crippen LogP contribution in [0.3, 0.4) is 0 Å². The molecule has 0 aliphatic heterocycles. The number of carbonyl (C=O) groups is 1. The summed E-state index contributed by atoms with van der Waals surface area (Å²) in [5.74, 6) is 1.33. The fourth-order valence-corrected chi connectivity index (χ4v) is 3.92. The molecule has 4 heteroatoms. The third-order valence-electron chi connectivity index (χ3n) is 3.89. The van der Waals surface area contributed by atoms with E-state index in [1.165, 1.54) is 29.7 Å². The Kier molecular flexibility index (Phi) is 6.37. The van der Waals surface area contributed by atoms with Crippen LogP contribution in [0.4, 0.5) is 0 Å². The molecule has 1 amide bonds. The molecular weight excluding hydrogens is 290 g/mol. The van der Waals surface area contributed by atoms with Crippen molar-refractivity contribution in [3.05, 3.63) is 21.4 Å². The summed E-state index contributed by atoms with van der Waals surface area (Å²) in [5, 5.41) is 3.03. The molecule has 112 valence electrons. The van der Waals surface area contributed by atoms with Crippen molar-refractivity contribution in [2.75, 3.05) is 12.4 Å². The minimum Gasteiger partial charge on any atom is -0.351 e. The van der Waals surface area contributed by atoms with E-state index in [9.17, 15) is 4.79 Å². The Bertz CT molecular complexity index is 420. The summed E-state index contributed by atoms with van der Waals surface area (Å²) in [4.78, 5) is 14.5. The molecule has 0 aromatic carbocycles. The van der Waals surface area contributed by atoms with Gasteiger partial charge in [0.15, 0.2) is 0 Å². The summed E-state index contributed by atoms with van der Waals surface area (Å²) < 4.78 is 0. The molecular formula is C16H24ClNOS. The van der Waals surface area contributed by atoms with E-state index in [1.807, 2.05) is 0 Å². The van der Waals surface area contributed by atoms with Gasteiger partial charge in [-0.05, 0) is 56.1 Å². The van der Waals surface area contributed by atoms with Gasteiger partial charge in [-0.1, -0.05) is 13.3 Å². The highest BCUT2D eigenvalue weighted by Crippen LogP contribution is 2.28. The lowest BCUT2D eigenvalue weighted by Gasteiger charge is -2.07. The van der Waals surface area contributed by atoms with Gasteiger partial charge >= 0.3 is 0 Å². The van der Waals surface area contributed by atoms with Crippen molar-refractivity contribution < 1.29 is 4.79 Å². The van der Waals surface area contributed by atoms with Crippen LogP contribution in [0.2, 0.25) is 0 Å². The average molecular weight is 314 g/mol. The fourth-order valence-electron chi connectivity index (χ4n) is 2.60. The number of fused-ring (bicyclic) bond motifs is 1.